The zero-order valence-corrected chi connectivity index (χ0v) is 12.0. The Morgan fingerprint density at radius 2 is 1.80 bits per heavy atom. The molecule has 0 spiro atoms. The van der Waals surface area contributed by atoms with Gasteiger partial charge >= 0.3 is 0 Å². The van der Waals surface area contributed by atoms with E-state index in [0.29, 0.717) is 0 Å². The molecule has 3 heteroatoms. The smallest absolute Gasteiger partial charge is 0.0702 e. The minimum absolute atomic E-state index is 0.220. The van der Waals surface area contributed by atoms with Crippen LogP contribution in [0.4, 0.5) is 0 Å². The lowest BCUT2D eigenvalue weighted by Crippen LogP contribution is -2.17. The minimum Gasteiger partial charge on any atom is -0.387 e. The van der Waals surface area contributed by atoms with Crippen molar-refractivity contribution >= 4 is 0 Å². The van der Waals surface area contributed by atoms with E-state index in [2.05, 4.69) is 39.9 Å². The van der Waals surface area contributed by atoms with Gasteiger partial charge in [-0.2, -0.15) is 0 Å². The number of allylic oxidation sites excluding steroid dienone is 4. The lowest BCUT2D eigenvalue weighted by atomic mass is 9.96. The van der Waals surface area contributed by atoms with Crippen molar-refractivity contribution in [2.45, 2.75) is 19.9 Å². The highest BCUT2D eigenvalue weighted by Gasteiger charge is 2.12. The number of nitrogens with one attached hydrogen (secondary N) is 2. The fourth-order valence-electron chi connectivity index (χ4n) is 2.15. The number of pyridine rings is 1. The van der Waals surface area contributed by atoms with Crippen LogP contribution in [0.15, 0.2) is 72.4 Å². The Kier molecular flexibility index (Phi) is 5.18. The highest BCUT2D eigenvalue weighted by Crippen LogP contribution is 2.24. The molecule has 0 aliphatic carbocycles. The second-order valence-corrected chi connectivity index (χ2v) is 4.28. The molecule has 2 aliphatic heterocycles. The molecule has 1 aromatic heterocycles. The summed E-state index contributed by atoms with van der Waals surface area (Å²) in [6.45, 7) is 4.89. The van der Waals surface area contributed by atoms with Crippen LogP contribution >= 0.6 is 0 Å². The van der Waals surface area contributed by atoms with Gasteiger partial charge in [-0.25, -0.2) is 0 Å². The molecule has 0 radical (unpaired) electrons. The summed E-state index contributed by atoms with van der Waals surface area (Å²) in [7, 11) is 0. The van der Waals surface area contributed by atoms with E-state index >= 15 is 0 Å². The molecule has 3 rings (SSSR count). The highest BCUT2D eigenvalue weighted by molar-refractivity contribution is 5.50. The molecule has 20 heavy (non-hydrogen) atoms. The van der Waals surface area contributed by atoms with Crippen molar-refractivity contribution in [3.63, 3.8) is 0 Å². The van der Waals surface area contributed by atoms with Crippen LogP contribution in [0.2, 0.25) is 0 Å². The SMILES string of the molecule is C1=CC(C2=CC(c3ccncc3)NC=C2)=CCN1.CC. The van der Waals surface area contributed by atoms with Crippen LogP contribution in [0.5, 0.6) is 0 Å². The Balaban J connectivity index is 0.000000704. The van der Waals surface area contributed by atoms with E-state index in [1.807, 2.05) is 50.8 Å². The molecule has 0 fully saturated rings. The van der Waals surface area contributed by atoms with Gasteiger partial charge in [0.25, 0.3) is 0 Å². The number of hydrogen-bond acceptors (Lipinski definition) is 3. The Morgan fingerprint density at radius 3 is 2.50 bits per heavy atom. The summed E-state index contributed by atoms with van der Waals surface area (Å²) >= 11 is 0. The predicted molar refractivity (Wildman–Crippen MR) is 83.9 cm³/mol. The van der Waals surface area contributed by atoms with Gasteiger partial charge in [-0.05, 0) is 59.5 Å². The molecular formula is C17H21N3. The molecule has 1 atom stereocenters. The molecule has 3 heterocycles. The van der Waals surface area contributed by atoms with Gasteiger partial charge in [-0.15, -0.1) is 0 Å². The molecule has 0 aromatic carbocycles. The Morgan fingerprint density at radius 1 is 1.05 bits per heavy atom. The molecular weight excluding hydrogens is 246 g/mol. The summed E-state index contributed by atoms with van der Waals surface area (Å²) in [5.41, 5.74) is 3.75. The average molecular weight is 267 g/mol. The van der Waals surface area contributed by atoms with Crippen LogP contribution in [0.1, 0.15) is 25.5 Å². The summed E-state index contributed by atoms with van der Waals surface area (Å²) < 4.78 is 0. The van der Waals surface area contributed by atoms with Crippen LogP contribution in [-0.2, 0) is 0 Å². The van der Waals surface area contributed by atoms with Crippen molar-refractivity contribution in [2.24, 2.45) is 0 Å². The minimum atomic E-state index is 0.220. The second kappa shape index (κ2) is 7.34. The number of dihydropyridines is 2. The third-order valence-corrected chi connectivity index (χ3v) is 3.10. The molecule has 104 valence electrons. The van der Waals surface area contributed by atoms with Crippen LogP contribution in [0, 0.1) is 0 Å². The van der Waals surface area contributed by atoms with Crippen LogP contribution in [-0.4, -0.2) is 11.5 Å². The lowest BCUT2D eigenvalue weighted by molar-refractivity contribution is 0.739. The zero-order valence-electron chi connectivity index (χ0n) is 12.0. The standard InChI is InChI=1S/C15H15N3.C2H6/c1-6-16-7-2-12(1)14-5-10-18-15(11-14)13-3-8-17-9-4-13;1-2/h1-6,8-11,15-16,18H,7H2;1-2H3. The average Bonchev–Trinajstić information content (AvgIpc) is 2.58. The van der Waals surface area contributed by atoms with Crippen molar-refractivity contribution in [3.8, 4) is 0 Å². The van der Waals surface area contributed by atoms with Gasteiger partial charge < -0.3 is 10.6 Å². The Bertz CT molecular complexity index is 539. The van der Waals surface area contributed by atoms with Crippen molar-refractivity contribution in [1.82, 2.24) is 15.6 Å². The van der Waals surface area contributed by atoms with Crippen molar-refractivity contribution in [2.75, 3.05) is 6.54 Å². The van der Waals surface area contributed by atoms with E-state index in [4.69, 9.17) is 0 Å². The molecule has 1 unspecified atom stereocenters. The molecule has 3 nitrogen and oxygen atoms in total. The predicted octanol–water partition coefficient (Wildman–Crippen LogP) is 3.24. The second-order valence-electron chi connectivity index (χ2n) is 4.28. The summed E-state index contributed by atoms with van der Waals surface area (Å²) in [6.07, 6.45) is 16.3. The first-order valence-corrected chi connectivity index (χ1v) is 7.08. The molecule has 2 aliphatic rings. The van der Waals surface area contributed by atoms with Gasteiger partial charge in [0.1, 0.15) is 0 Å². The molecule has 0 amide bonds. The Labute approximate surface area is 120 Å². The van der Waals surface area contributed by atoms with E-state index in [-0.39, 0.29) is 6.04 Å². The normalized spacial score (nSPS) is 19.8. The van der Waals surface area contributed by atoms with Gasteiger partial charge in [0, 0.05) is 18.9 Å². The maximum Gasteiger partial charge on any atom is 0.0702 e. The first-order chi connectivity index (χ1) is 9.93. The van der Waals surface area contributed by atoms with E-state index in [0.717, 1.165) is 6.54 Å². The number of hydrogen-bond donors (Lipinski definition) is 2. The number of rotatable bonds is 2. The topological polar surface area (TPSA) is 37.0 Å². The van der Waals surface area contributed by atoms with E-state index in [1.54, 1.807) is 0 Å². The molecule has 2 N–H and O–H groups in total. The summed E-state index contributed by atoms with van der Waals surface area (Å²) in [4.78, 5) is 4.05. The maximum absolute atomic E-state index is 4.05. The highest BCUT2D eigenvalue weighted by atomic mass is 14.9. The molecule has 0 bridgehead atoms. The quantitative estimate of drug-likeness (QED) is 0.863. The zero-order chi connectivity index (χ0) is 14.2. The first-order valence-electron chi connectivity index (χ1n) is 7.08. The van der Waals surface area contributed by atoms with Gasteiger partial charge in [0.15, 0.2) is 0 Å². The van der Waals surface area contributed by atoms with Crippen molar-refractivity contribution in [1.29, 1.82) is 0 Å². The number of nitrogens with zero attached hydrogens (tertiary/aromatic N) is 1. The van der Waals surface area contributed by atoms with Crippen LogP contribution in [0.3, 0.4) is 0 Å². The van der Waals surface area contributed by atoms with Gasteiger partial charge in [0.2, 0.25) is 0 Å². The van der Waals surface area contributed by atoms with E-state index < -0.39 is 0 Å². The largest absolute Gasteiger partial charge is 0.387 e. The van der Waals surface area contributed by atoms with Crippen molar-refractivity contribution in [3.05, 3.63) is 77.9 Å². The maximum atomic E-state index is 4.05. The van der Waals surface area contributed by atoms with Gasteiger partial charge in [-0.3, -0.25) is 4.98 Å². The summed E-state index contributed by atoms with van der Waals surface area (Å²) in [5.74, 6) is 0. The van der Waals surface area contributed by atoms with Gasteiger partial charge in [0.05, 0.1) is 6.04 Å². The molecule has 0 saturated heterocycles. The van der Waals surface area contributed by atoms with Crippen LogP contribution in [0.25, 0.3) is 0 Å². The lowest BCUT2D eigenvalue weighted by Gasteiger charge is -2.20. The fraction of sp³-hybridized carbons (Fsp3) is 0.235. The first kappa shape index (κ1) is 14.1. The molecule has 1 aromatic rings. The third-order valence-electron chi connectivity index (χ3n) is 3.10. The van der Waals surface area contributed by atoms with Crippen molar-refractivity contribution < 1.29 is 0 Å². The summed E-state index contributed by atoms with van der Waals surface area (Å²) in [5, 5.41) is 6.52. The number of aromatic nitrogens is 1. The third kappa shape index (κ3) is 3.38. The van der Waals surface area contributed by atoms with Crippen LogP contribution < -0.4 is 10.6 Å². The monoisotopic (exact) mass is 267 g/mol. The fourth-order valence-corrected chi connectivity index (χ4v) is 2.15. The van der Waals surface area contributed by atoms with E-state index in [1.165, 1.54) is 16.7 Å². The summed E-state index contributed by atoms with van der Waals surface area (Å²) in [6, 6.07) is 4.30. The Hall–Kier alpha value is -2.29. The van der Waals surface area contributed by atoms with Gasteiger partial charge in [-0.1, -0.05) is 19.9 Å². The molecule has 0 saturated carbocycles. The van der Waals surface area contributed by atoms with E-state index in [9.17, 15) is 0 Å².